The molecule has 1 aliphatic heterocycles. The zero-order valence-electron chi connectivity index (χ0n) is 11.0. The predicted octanol–water partition coefficient (Wildman–Crippen LogP) is 2.15. The number of hydrogen-bond donors (Lipinski definition) is 1. The van der Waals surface area contributed by atoms with Gasteiger partial charge in [-0.25, -0.2) is 4.79 Å². The standard InChI is InChI=1S/C13H22N2O2S/c1-2-14-12(16)10-6-3-4-7-11(10)15(13(14)17)8-5-9-18/h10-11,18H,2-9H2,1H3. The fourth-order valence-corrected chi connectivity index (χ4v) is 3.30. The number of carbonyl (C=O) groups excluding carboxylic acids is 2. The third kappa shape index (κ3) is 2.37. The first kappa shape index (κ1) is 13.7. The fraction of sp³-hybridized carbons (Fsp3) is 0.846. The molecule has 102 valence electrons. The second-order valence-corrected chi connectivity index (χ2v) is 5.54. The van der Waals surface area contributed by atoms with E-state index in [0.29, 0.717) is 6.54 Å². The molecule has 5 heteroatoms. The van der Waals surface area contributed by atoms with E-state index < -0.39 is 0 Å². The van der Waals surface area contributed by atoms with E-state index in [0.717, 1.165) is 44.4 Å². The molecule has 2 rings (SSSR count). The number of thiol groups is 1. The number of urea groups is 1. The van der Waals surface area contributed by atoms with Crippen LogP contribution < -0.4 is 0 Å². The topological polar surface area (TPSA) is 40.6 Å². The van der Waals surface area contributed by atoms with E-state index in [1.807, 2.05) is 11.8 Å². The summed E-state index contributed by atoms with van der Waals surface area (Å²) >= 11 is 4.21. The molecule has 2 atom stereocenters. The van der Waals surface area contributed by atoms with Crippen molar-refractivity contribution < 1.29 is 9.59 Å². The van der Waals surface area contributed by atoms with Crippen LogP contribution in [-0.2, 0) is 4.79 Å². The van der Waals surface area contributed by atoms with Gasteiger partial charge in [0.25, 0.3) is 0 Å². The summed E-state index contributed by atoms with van der Waals surface area (Å²) in [5.74, 6) is 0.868. The van der Waals surface area contributed by atoms with Gasteiger partial charge in [-0.05, 0) is 31.9 Å². The van der Waals surface area contributed by atoms with Gasteiger partial charge in [0, 0.05) is 19.1 Å². The summed E-state index contributed by atoms with van der Waals surface area (Å²) in [6.07, 6.45) is 5.05. The molecular formula is C13H22N2O2S. The second kappa shape index (κ2) is 5.95. The first-order valence-electron chi connectivity index (χ1n) is 6.93. The molecule has 1 heterocycles. The second-order valence-electron chi connectivity index (χ2n) is 5.09. The highest BCUT2D eigenvalue weighted by Crippen LogP contribution is 2.34. The van der Waals surface area contributed by atoms with Crippen molar-refractivity contribution in [1.29, 1.82) is 0 Å². The van der Waals surface area contributed by atoms with E-state index in [1.165, 1.54) is 4.90 Å². The van der Waals surface area contributed by atoms with Crippen molar-refractivity contribution >= 4 is 24.6 Å². The number of hydrogen-bond acceptors (Lipinski definition) is 3. The van der Waals surface area contributed by atoms with Crippen LogP contribution in [0.15, 0.2) is 0 Å². The van der Waals surface area contributed by atoms with Gasteiger partial charge in [-0.2, -0.15) is 12.6 Å². The minimum absolute atomic E-state index is 0.0383. The van der Waals surface area contributed by atoms with Crippen LogP contribution in [0.4, 0.5) is 4.79 Å². The Hall–Kier alpha value is -0.710. The minimum atomic E-state index is -0.0903. The lowest BCUT2D eigenvalue weighted by Crippen LogP contribution is -2.62. The highest BCUT2D eigenvalue weighted by Gasteiger charge is 2.45. The molecule has 0 aromatic rings. The molecule has 1 aliphatic carbocycles. The van der Waals surface area contributed by atoms with E-state index in [4.69, 9.17) is 0 Å². The maximum atomic E-state index is 12.3. The minimum Gasteiger partial charge on any atom is -0.320 e. The molecule has 18 heavy (non-hydrogen) atoms. The monoisotopic (exact) mass is 270 g/mol. The zero-order chi connectivity index (χ0) is 13.1. The van der Waals surface area contributed by atoms with Crippen molar-refractivity contribution in [2.75, 3.05) is 18.8 Å². The van der Waals surface area contributed by atoms with Crippen LogP contribution in [0.2, 0.25) is 0 Å². The normalized spacial score (nSPS) is 28.6. The molecule has 0 bridgehead atoms. The first-order chi connectivity index (χ1) is 8.70. The van der Waals surface area contributed by atoms with Gasteiger partial charge >= 0.3 is 6.03 Å². The Morgan fingerprint density at radius 3 is 2.67 bits per heavy atom. The molecule has 0 N–H and O–H groups in total. The predicted molar refractivity (Wildman–Crippen MR) is 73.7 cm³/mol. The van der Waals surface area contributed by atoms with E-state index in [9.17, 15) is 9.59 Å². The van der Waals surface area contributed by atoms with Crippen LogP contribution in [0.1, 0.15) is 39.0 Å². The number of rotatable bonds is 4. The van der Waals surface area contributed by atoms with Crippen LogP contribution >= 0.6 is 12.6 Å². The van der Waals surface area contributed by atoms with Crippen molar-refractivity contribution in [3.63, 3.8) is 0 Å². The maximum Gasteiger partial charge on any atom is 0.326 e. The zero-order valence-corrected chi connectivity index (χ0v) is 11.9. The van der Waals surface area contributed by atoms with E-state index in [-0.39, 0.29) is 23.9 Å². The molecule has 0 aromatic carbocycles. The molecule has 0 aromatic heterocycles. The Morgan fingerprint density at radius 2 is 2.00 bits per heavy atom. The number of carbonyl (C=O) groups is 2. The van der Waals surface area contributed by atoms with Crippen LogP contribution in [-0.4, -0.2) is 46.6 Å². The van der Waals surface area contributed by atoms with Gasteiger partial charge in [0.15, 0.2) is 0 Å². The number of amides is 3. The van der Waals surface area contributed by atoms with Gasteiger partial charge in [0.1, 0.15) is 0 Å². The number of nitrogens with zero attached hydrogens (tertiary/aromatic N) is 2. The lowest BCUT2D eigenvalue weighted by molar-refractivity contribution is -0.140. The summed E-state index contributed by atoms with van der Waals surface area (Å²) in [7, 11) is 0. The SMILES string of the molecule is CCN1C(=O)C2CCCCC2N(CCCS)C1=O. The molecule has 0 spiro atoms. The average molecular weight is 270 g/mol. The van der Waals surface area contributed by atoms with E-state index in [2.05, 4.69) is 12.6 Å². The number of imide groups is 1. The van der Waals surface area contributed by atoms with Crippen molar-refractivity contribution in [3.05, 3.63) is 0 Å². The third-order valence-corrected chi connectivity index (χ3v) is 4.38. The lowest BCUT2D eigenvalue weighted by atomic mass is 9.81. The highest BCUT2D eigenvalue weighted by molar-refractivity contribution is 7.80. The smallest absolute Gasteiger partial charge is 0.320 e. The van der Waals surface area contributed by atoms with Gasteiger partial charge in [-0.1, -0.05) is 12.8 Å². The van der Waals surface area contributed by atoms with E-state index >= 15 is 0 Å². The van der Waals surface area contributed by atoms with Gasteiger partial charge in [-0.3, -0.25) is 9.69 Å². The molecule has 1 saturated heterocycles. The summed E-state index contributed by atoms with van der Waals surface area (Å²) in [5, 5.41) is 0. The third-order valence-electron chi connectivity index (χ3n) is 4.06. The molecule has 2 unspecified atom stereocenters. The van der Waals surface area contributed by atoms with Gasteiger partial charge in [0.2, 0.25) is 5.91 Å². The Kier molecular flexibility index (Phi) is 4.54. The molecular weight excluding hydrogens is 248 g/mol. The summed E-state index contributed by atoms with van der Waals surface area (Å²) in [6, 6.07) is 0.0499. The van der Waals surface area contributed by atoms with Crippen molar-refractivity contribution in [1.82, 2.24) is 9.80 Å². The number of fused-ring (bicyclic) bond motifs is 1. The van der Waals surface area contributed by atoms with Crippen LogP contribution in [0.3, 0.4) is 0 Å². The first-order valence-corrected chi connectivity index (χ1v) is 7.56. The van der Waals surface area contributed by atoms with E-state index in [1.54, 1.807) is 0 Å². The van der Waals surface area contributed by atoms with Gasteiger partial charge in [-0.15, -0.1) is 0 Å². The van der Waals surface area contributed by atoms with Crippen molar-refractivity contribution in [3.8, 4) is 0 Å². The Morgan fingerprint density at radius 1 is 1.28 bits per heavy atom. The summed E-state index contributed by atoms with van der Waals surface area (Å²) in [4.78, 5) is 28.0. The highest BCUT2D eigenvalue weighted by atomic mass is 32.1. The molecule has 2 aliphatic rings. The van der Waals surface area contributed by atoms with Crippen molar-refractivity contribution in [2.45, 2.75) is 45.1 Å². The van der Waals surface area contributed by atoms with Crippen LogP contribution in [0.5, 0.6) is 0 Å². The molecule has 1 saturated carbocycles. The molecule has 0 radical (unpaired) electrons. The summed E-state index contributed by atoms with van der Waals surface area (Å²) < 4.78 is 0. The quantitative estimate of drug-likeness (QED) is 0.795. The average Bonchev–Trinajstić information content (AvgIpc) is 2.39. The maximum absolute atomic E-state index is 12.3. The molecule has 2 fully saturated rings. The van der Waals surface area contributed by atoms with Gasteiger partial charge in [0.05, 0.1) is 5.92 Å². The fourth-order valence-electron chi connectivity index (χ4n) is 3.16. The van der Waals surface area contributed by atoms with Gasteiger partial charge < -0.3 is 4.90 Å². The lowest BCUT2D eigenvalue weighted by Gasteiger charge is -2.46. The summed E-state index contributed by atoms with van der Waals surface area (Å²) in [6.45, 7) is 3.08. The Balaban J connectivity index is 2.19. The van der Waals surface area contributed by atoms with Crippen molar-refractivity contribution in [2.24, 2.45) is 5.92 Å². The molecule has 3 amide bonds. The Labute approximate surface area is 114 Å². The van der Waals surface area contributed by atoms with Crippen LogP contribution in [0, 0.1) is 5.92 Å². The largest absolute Gasteiger partial charge is 0.326 e. The summed E-state index contributed by atoms with van der Waals surface area (Å²) in [5.41, 5.74) is 0. The Bertz CT molecular complexity index is 335. The van der Waals surface area contributed by atoms with Crippen LogP contribution in [0.25, 0.3) is 0 Å². The molecule has 4 nitrogen and oxygen atoms in total.